The molecule has 10 heteroatoms. The van der Waals surface area contributed by atoms with Crippen LogP contribution in [-0.4, -0.2) is 51.1 Å². The molecule has 0 spiro atoms. The topological polar surface area (TPSA) is 87.2 Å². The molecular weight excluding hydrogens is 416 g/mol. The normalized spacial score (nSPS) is 11.0. The Balaban J connectivity index is 1.97. The summed E-state index contributed by atoms with van der Waals surface area (Å²) in [6, 6.07) is 7.70. The maximum absolute atomic E-state index is 4.37. The summed E-state index contributed by atoms with van der Waals surface area (Å²) in [5.74, 6) is 1.10. The number of alkyl halides is 2. The Morgan fingerprint density at radius 2 is 1.23 bits per heavy atom. The zero-order valence-corrected chi connectivity index (χ0v) is 14.6. The van der Waals surface area contributed by atoms with Crippen LogP contribution in [0, 0.1) is 0 Å². The molecule has 0 fully saturated rings. The van der Waals surface area contributed by atoms with Crippen molar-refractivity contribution in [3.63, 3.8) is 0 Å². The summed E-state index contributed by atoms with van der Waals surface area (Å²) in [5, 5.41) is 26.6. The number of halogens is 2. The highest BCUT2D eigenvalue weighted by molar-refractivity contribution is 9.09. The Labute approximate surface area is 143 Å². The van der Waals surface area contributed by atoms with Gasteiger partial charge in [0.2, 0.25) is 11.6 Å². The van der Waals surface area contributed by atoms with Crippen molar-refractivity contribution in [3.8, 4) is 22.8 Å². The van der Waals surface area contributed by atoms with Gasteiger partial charge in [0.25, 0.3) is 0 Å². The van der Waals surface area contributed by atoms with Gasteiger partial charge in [0.05, 0.1) is 13.1 Å². The van der Waals surface area contributed by atoms with Crippen LogP contribution in [-0.2, 0) is 13.1 Å². The van der Waals surface area contributed by atoms with Crippen molar-refractivity contribution >= 4 is 31.9 Å². The first-order chi connectivity index (χ1) is 10.8. The first kappa shape index (κ1) is 15.2. The number of hydrogen-bond acceptors (Lipinski definition) is 6. The summed E-state index contributed by atoms with van der Waals surface area (Å²) in [6.45, 7) is 1.32. The van der Waals surface area contributed by atoms with Gasteiger partial charge in [-0.3, -0.25) is 0 Å². The van der Waals surface area contributed by atoms with Crippen LogP contribution in [0.2, 0.25) is 0 Å². The highest BCUT2D eigenvalue weighted by Crippen LogP contribution is 2.26. The third-order valence-electron chi connectivity index (χ3n) is 2.88. The van der Waals surface area contributed by atoms with E-state index in [-0.39, 0.29) is 0 Å². The van der Waals surface area contributed by atoms with Crippen LogP contribution in [0.25, 0.3) is 22.8 Å². The molecule has 22 heavy (non-hydrogen) atoms. The monoisotopic (exact) mass is 426 g/mol. The number of aryl methyl sites for hydroxylation is 2. The minimum atomic E-state index is 0.549. The molecule has 0 aliphatic heterocycles. The van der Waals surface area contributed by atoms with Gasteiger partial charge in [0.15, 0.2) is 0 Å². The van der Waals surface area contributed by atoms with E-state index in [1.54, 1.807) is 9.59 Å². The Morgan fingerprint density at radius 3 is 1.64 bits per heavy atom. The van der Waals surface area contributed by atoms with Gasteiger partial charge in [-0.25, -0.2) is 0 Å². The molecule has 0 N–H and O–H groups in total. The van der Waals surface area contributed by atoms with Gasteiger partial charge < -0.3 is 0 Å². The Bertz CT molecular complexity index is 690. The summed E-state index contributed by atoms with van der Waals surface area (Å²) < 4.78 is 0. The summed E-state index contributed by atoms with van der Waals surface area (Å²) in [7, 11) is 0. The standard InChI is InChI=1S/C12H12Br2N8/c13-5-7-21-17-11(15-19-21)9-3-1-2-4-10(9)12-16-20-22(18-12)8-6-14/h1-4H,5-8H2. The lowest BCUT2D eigenvalue weighted by molar-refractivity contribution is 0.559. The van der Waals surface area contributed by atoms with Crippen molar-refractivity contribution in [1.29, 1.82) is 0 Å². The average molecular weight is 428 g/mol. The predicted octanol–water partition coefficient (Wildman–Crippen LogP) is 1.78. The fraction of sp³-hybridized carbons (Fsp3) is 0.333. The molecule has 0 atom stereocenters. The Morgan fingerprint density at radius 1 is 0.773 bits per heavy atom. The minimum absolute atomic E-state index is 0.549. The second-order valence-corrected chi connectivity index (χ2v) is 5.93. The van der Waals surface area contributed by atoms with E-state index < -0.39 is 0 Å². The number of benzene rings is 1. The van der Waals surface area contributed by atoms with E-state index in [0.717, 1.165) is 21.8 Å². The van der Waals surface area contributed by atoms with Crippen molar-refractivity contribution in [2.45, 2.75) is 13.1 Å². The van der Waals surface area contributed by atoms with Crippen molar-refractivity contribution in [3.05, 3.63) is 24.3 Å². The maximum Gasteiger partial charge on any atom is 0.205 e. The molecular formula is C12H12Br2N8. The van der Waals surface area contributed by atoms with Crippen LogP contribution >= 0.6 is 31.9 Å². The zero-order valence-electron chi connectivity index (χ0n) is 11.5. The molecule has 0 saturated carbocycles. The summed E-state index contributed by atoms with van der Waals surface area (Å²) in [6.07, 6.45) is 0. The lowest BCUT2D eigenvalue weighted by atomic mass is 10.1. The summed E-state index contributed by atoms with van der Waals surface area (Å²) >= 11 is 6.71. The molecule has 0 unspecified atom stereocenters. The summed E-state index contributed by atoms with van der Waals surface area (Å²) in [4.78, 5) is 3.10. The van der Waals surface area contributed by atoms with Crippen LogP contribution in [0.5, 0.6) is 0 Å². The van der Waals surface area contributed by atoms with Crippen LogP contribution in [0.1, 0.15) is 0 Å². The van der Waals surface area contributed by atoms with E-state index in [1.165, 1.54) is 0 Å². The van der Waals surface area contributed by atoms with Gasteiger partial charge in [0.1, 0.15) is 0 Å². The Hall–Kier alpha value is -1.68. The molecule has 0 aliphatic rings. The second-order valence-electron chi connectivity index (χ2n) is 4.34. The second kappa shape index (κ2) is 7.05. The van der Waals surface area contributed by atoms with E-state index in [4.69, 9.17) is 0 Å². The zero-order chi connectivity index (χ0) is 15.4. The first-order valence-electron chi connectivity index (χ1n) is 6.59. The maximum atomic E-state index is 4.37. The highest BCUT2D eigenvalue weighted by atomic mass is 79.9. The molecule has 2 heterocycles. The van der Waals surface area contributed by atoms with Crippen LogP contribution in [0.15, 0.2) is 24.3 Å². The lowest BCUT2D eigenvalue weighted by Crippen LogP contribution is -2.03. The Kier molecular flexibility index (Phi) is 4.88. The molecule has 0 amide bonds. The number of nitrogens with zero attached hydrogens (tertiary/aromatic N) is 8. The van der Waals surface area contributed by atoms with Gasteiger partial charge in [-0.05, 0) is 10.4 Å². The van der Waals surface area contributed by atoms with Crippen LogP contribution in [0.4, 0.5) is 0 Å². The molecule has 114 valence electrons. The van der Waals surface area contributed by atoms with Crippen molar-refractivity contribution in [2.24, 2.45) is 0 Å². The van der Waals surface area contributed by atoms with Crippen LogP contribution in [0.3, 0.4) is 0 Å². The number of tetrazole rings is 2. The van der Waals surface area contributed by atoms with Gasteiger partial charge in [-0.1, -0.05) is 56.1 Å². The van der Waals surface area contributed by atoms with Crippen molar-refractivity contribution in [2.75, 3.05) is 10.7 Å². The molecule has 0 radical (unpaired) electrons. The fourth-order valence-electron chi connectivity index (χ4n) is 1.92. The van der Waals surface area contributed by atoms with E-state index in [2.05, 4.69) is 62.7 Å². The van der Waals surface area contributed by atoms with Gasteiger partial charge in [-0.15, -0.1) is 20.4 Å². The number of rotatable bonds is 6. The largest absolute Gasteiger partial charge is 0.205 e. The third-order valence-corrected chi connectivity index (χ3v) is 3.59. The van der Waals surface area contributed by atoms with Crippen molar-refractivity contribution in [1.82, 2.24) is 40.4 Å². The molecule has 0 saturated heterocycles. The number of aromatic nitrogens is 8. The van der Waals surface area contributed by atoms with E-state index in [9.17, 15) is 0 Å². The third kappa shape index (κ3) is 3.22. The molecule has 8 nitrogen and oxygen atoms in total. The van der Waals surface area contributed by atoms with E-state index in [0.29, 0.717) is 24.7 Å². The van der Waals surface area contributed by atoms with Gasteiger partial charge in [-0.2, -0.15) is 9.59 Å². The number of hydrogen-bond donors (Lipinski definition) is 0. The summed E-state index contributed by atoms with van der Waals surface area (Å²) in [5.41, 5.74) is 1.67. The smallest absolute Gasteiger partial charge is 0.163 e. The van der Waals surface area contributed by atoms with Gasteiger partial charge >= 0.3 is 0 Å². The fourth-order valence-corrected chi connectivity index (χ4v) is 2.55. The average Bonchev–Trinajstić information content (AvgIpc) is 3.18. The molecule has 2 aromatic heterocycles. The molecule has 0 bridgehead atoms. The van der Waals surface area contributed by atoms with E-state index in [1.807, 2.05) is 24.3 Å². The lowest BCUT2D eigenvalue weighted by Gasteiger charge is -2.01. The van der Waals surface area contributed by atoms with Crippen molar-refractivity contribution < 1.29 is 0 Å². The van der Waals surface area contributed by atoms with Crippen LogP contribution < -0.4 is 0 Å². The minimum Gasteiger partial charge on any atom is -0.163 e. The molecule has 1 aromatic carbocycles. The van der Waals surface area contributed by atoms with Gasteiger partial charge in [0, 0.05) is 21.8 Å². The molecule has 0 aliphatic carbocycles. The quantitative estimate of drug-likeness (QED) is 0.557. The SMILES string of the molecule is BrCCn1nnc(-c2ccccc2-c2nnn(CCBr)n2)n1. The molecule has 3 rings (SSSR count). The molecule has 3 aromatic rings. The predicted molar refractivity (Wildman–Crippen MR) is 87.7 cm³/mol. The van der Waals surface area contributed by atoms with E-state index >= 15 is 0 Å². The first-order valence-corrected chi connectivity index (χ1v) is 8.83. The highest BCUT2D eigenvalue weighted by Gasteiger charge is 2.15.